The second-order valence-corrected chi connectivity index (χ2v) is 6.13. The maximum Gasteiger partial charge on any atom is 0.319 e. The summed E-state index contributed by atoms with van der Waals surface area (Å²) >= 11 is 0. The molecule has 0 unspecified atom stereocenters. The molecule has 3 N–H and O–H groups in total. The Morgan fingerprint density at radius 3 is 2.92 bits per heavy atom. The van der Waals surface area contributed by atoms with Gasteiger partial charge in [0.05, 0.1) is 19.0 Å². The van der Waals surface area contributed by atoms with Crippen molar-refractivity contribution in [3.05, 3.63) is 42.6 Å². The van der Waals surface area contributed by atoms with Crippen molar-refractivity contribution >= 4 is 11.7 Å². The molecule has 3 rings (SSSR count). The first-order valence-corrected chi connectivity index (χ1v) is 8.79. The highest BCUT2D eigenvalue weighted by Gasteiger charge is 2.13. The smallest absolute Gasteiger partial charge is 0.319 e. The van der Waals surface area contributed by atoms with Gasteiger partial charge in [-0.3, -0.25) is 0 Å². The summed E-state index contributed by atoms with van der Waals surface area (Å²) in [5.74, 6) is 1.79. The van der Waals surface area contributed by atoms with Crippen LogP contribution in [-0.2, 0) is 0 Å². The fraction of sp³-hybridized carbons (Fsp3) is 0.368. The summed E-state index contributed by atoms with van der Waals surface area (Å²) in [6, 6.07) is 11.0. The molecule has 1 aromatic heterocycles. The zero-order valence-electron chi connectivity index (χ0n) is 14.8. The van der Waals surface area contributed by atoms with Crippen molar-refractivity contribution in [2.75, 3.05) is 25.5 Å². The first-order chi connectivity index (χ1) is 12.7. The first kappa shape index (κ1) is 18.0. The molecule has 2 amide bonds. The van der Waals surface area contributed by atoms with Gasteiger partial charge in [0.1, 0.15) is 11.5 Å². The second-order valence-electron chi connectivity index (χ2n) is 6.13. The van der Waals surface area contributed by atoms with E-state index in [0.717, 1.165) is 13.0 Å². The zero-order valence-corrected chi connectivity index (χ0v) is 14.8. The van der Waals surface area contributed by atoms with Crippen molar-refractivity contribution in [1.29, 1.82) is 0 Å². The summed E-state index contributed by atoms with van der Waals surface area (Å²) in [6.45, 7) is 1.72. The van der Waals surface area contributed by atoms with E-state index < -0.39 is 0 Å². The molecule has 2 heterocycles. The van der Waals surface area contributed by atoms with Crippen LogP contribution in [0.15, 0.2) is 42.6 Å². The molecule has 0 aliphatic carbocycles. The van der Waals surface area contributed by atoms with Gasteiger partial charge in [0.15, 0.2) is 0 Å². The van der Waals surface area contributed by atoms with Gasteiger partial charge in [-0.05, 0) is 44.0 Å². The number of carbonyl (C=O) groups is 1. The second kappa shape index (κ2) is 9.05. The van der Waals surface area contributed by atoms with Crippen LogP contribution in [0, 0.1) is 0 Å². The van der Waals surface area contributed by atoms with Crippen LogP contribution >= 0.6 is 0 Å². The van der Waals surface area contributed by atoms with Crippen LogP contribution in [0.2, 0.25) is 0 Å². The lowest BCUT2D eigenvalue weighted by Gasteiger charge is -2.11. The summed E-state index contributed by atoms with van der Waals surface area (Å²) in [7, 11) is 1.60. The van der Waals surface area contributed by atoms with Gasteiger partial charge in [0.2, 0.25) is 5.88 Å². The molecule has 1 aliphatic heterocycles. The number of amides is 2. The molecule has 1 aliphatic rings. The van der Waals surface area contributed by atoms with E-state index in [4.69, 9.17) is 9.47 Å². The average molecular weight is 356 g/mol. The maximum absolute atomic E-state index is 11.9. The van der Waals surface area contributed by atoms with Gasteiger partial charge in [-0.1, -0.05) is 6.07 Å². The van der Waals surface area contributed by atoms with Crippen molar-refractivity contribution in [2.45, 2.75) is 25.3 Å². The Balaban J connectivity index is 1.45. The lowest BCUT2D eigenvalue weighted by Crippen LogP contribution is -2.33. The van der Waals surface area contributed by atoms with Crippen molar-refractivity contribution in [3.63, 3.8) is 0 Å². The molecule has 2 aromatic rings. The number of benzene rings is 1. The number of hydrogen-bond acceptors (Lipinski definition) is 5. The molecule has 1 atom stereocenters. The normalized spacial score (nSPS) is 16.1. The molecular weight excluding hydrogens is 332 g/mol. The van der Waals surface area contributed by atoms with Gasteiger partial charge in [-0.15, -0.1) is 0 Å². The zero-order chi connectivity index (χ0) is 18.2. The van der Waals surface area contributed by atoms with Gasteiger partial charge in [0, 0.05) is 24.7 Å². The van der Waals surface area contributed by atoms with Gasteiger partial charge in [-0.25, -0.2) is 9.78 Å². The monoisotopic (exact) mass is 356 g/mol. The lowest BCUT2D eigenvalue weighted by atomic mass is 10.1. The number of pyridine rings is 1. The highest BCUT2D eigenvalue weighted by molar-refractivity contribution is 5.88. The van der Waals surface area contributed by atoms with Crippen LogP contribution < -0.4 is 25.4 Å². The van der Waals surface area contributed by atoms with E-state index in [1.54, 1.807) is 31.5 Å². The molecule has 0 bridgehead atoms. The minimum absolute atomic E-state index is 0.230. The summed E-state index contributed by atoms with van der Waals surface area (Å²) in [4.78, 5) is 16.1. The number of rotatable bonds is 7. The van der Waals surface area contributed by atoms with Crippen LogP contribution in [-0.4, -0.2) is 37.3 Å². The Morgan fingerprint density at radius 2 is 2.19 bits per heavy atom. The van der Waals surface area contributed by atoms with Crippen molar-refractivity contribution < 1.29 is 14.3 Å². The molecule has 138 valence electrons. The SMILES string of the molecule is COc1cccc(Oc2ccc(NC(=O)NCC[C@@H]3CCCN3)cn2)c1. The van der Waals surface area contributed by atoms with Crippen LogP contribution in [0.5, 0.6) is 17.4 Å². The molecule has 7 nitrogen and oxygen atoms in total. The molecule has 0 saturated carbocycles. The molecule has 0 radical (unpaired) electrons. The number of hydrogen-bond donors (Lipinski definition) is 3. The highest BCUT2D eigenvalue weighted by atomic mass is 16.5. The van der Waals surface area contributed by atoms with Crippen molar-refractivity contribution in [3.8, 4) is 17.4 Å². The number of nitrogens with one attached hydrogen (secondary N) is 3. The standard InChI is InChI=1S/C19H24N4O3/c1-25-16-5-2-6-17(12-16)26-18-8-7-15(13-22-18)23-19(24)21-11-9-14-4-3-10-20-14/h2,5-8,12-14,20H,3-4,9-11H2,1H3,(H2,21,23,24)/t14-/m0/s1. The Kier molecular flexibility index (Phi) is 6.27. The van der Waals surface area contributed by atoms with E-state index in [2.05, 4.69) is 20.9 Å². The number of ether oxygens (including phenoxy) is 2. The minimum Gasteiger partial charge on any atom is -0.497 e. The first-order valence-electron chi connectivity index (χ1n) is 8.79. The van der Waals surface area contributed by atoms with E-state index in [1.165, 1.54) is 12.8 Å². The van der Waals surface area contributed by atoms with E-state index in [9.17, 15) is 4.79 Å². The van der Waals surface area contributed by atoms with Crippen LogP contribution in [0.1, 0.15) is 19.3 Å². The molecule has 1 aromatic carbocycles. The fourth-order valence-corrected chi connectivity index (χ4v) is 2.84. The third-order valence-electron chi connectivity index (χ3n) is 4.20. The minimum atomic E-state index is -0.230. The highest BCUT2D eigenvalue weighted by Crippen LogP contribution is 2.24. The fourth-order valence-electron chi connectivity index (χ4n) is 2.84. The van der Waals surface area contributed by atoms with Gasteiger partial charge < -0.3 is 25.4 Å². The summed E-state index contributed by atoms with van der Waals surface area (Å²) < 4.78 is 10.8. The number of carbonyl (C=O) groups excluding carboxylic acids is 1. The lowest BCUT2D eigenvalue weighted by molar-refractivity contribution is 0.251. The van der Waals surface area contributed by atoms with Gasteiger partial charge in [-0.2, -0.15) is 0 Å². The quantitative estimate of drug-likeness (QED) is 0.710. The average Bonchev–Trinajstić information content (AvgIpc) is 3.17. The Hall–Kier alpha value is -2.80. The number of nitrogens with zero attached hydrogens (tertiary/aromatic N) is 1. The third-order valence-corrected chi connectivity index (χ3v) is 4.20. The molecule has 1 saturated heterocycles. The van der Waals surface area contributed by atoms with Gasteiger partial charge >= 0.3 is 6.03 Å². The predicted molar refractivity (Wildman–Crippen MR) is 100.0 cm³/mol. The van der Waals surface area contributed by atoms with E-state index >= 15 is 0 Å². The Bertz CT molecular complexity index is 715. The van der Waals surface area contributed by atoms with E-state index in [0.29, 0.717) is 35.7 Å². The van der Waals surface area contributed by atoms with Crippen LogP contribution in [0.25, 0.3) is 0 Å². The number of anilines is 1. The Labute approximate surface area is 153 Å². The molecule has 26 heavy (non-hydrogen) atoms. The van der Waals surface area contributed by atoms with Crippen molar-refractivity contribution in [1.82, 2.24) is 15.6 Å². The van der Waals surface area contributed by atoms with E-state index in [-0.39, 0.29) is 6.03 Å². The predicted octanol–water partition coefficient (Wildman–Crippen LogP) is 3.15. The number of aromatic nitrogens is 1. The molecular formula is C19H24N4O3. The summed E-state index contributed by atoms with van der Waals surface area (Å²) in [6.07, 6.45) is 4.90. The largest absolute Gasteiger partial charge is 0.497 e. The maximum atomic E-state index is 11.9. The number of methoxy groups -OCH3 is 1. The number of urea groups is 1. The molecule has 7 heteroatoms. The van der Waals surface area contributed by atoms with E-state index in [1.807, 2.05) is 18.2 Å². The van der Waals surface area contributed by atoms with Gasteiger partial charge in [0.25, 0.3) is 0 Å². The Morgan fingerprint density at radius 1 is 1.31 bits per heavy atom. The van der Waals surface area contributed by atoms with Crippen LogP contribution in [0.4, 0.5) is 10.5 Å². The molecule has 1 fully saturated rings. The topological polar surface area (TPSA) is 84.5 Å². The molecule has 0 spiro atoms. The van der Waals surface area contributed by atoms with Crippen molar-refractivity contribution in [2.24, 2.45) is 0 Å². The van der Waals surface area contributed by atoms with Crippen LogP contribution in [0.3, 0.4) is 0 Å². The third kappa shape index (κ3) is 5.35. The summed E-state index contributed by atoms with van der Waals surface area (Å²) in [5, 5.41) is 9.04. The summed E-state index contributed by atoms with van der Waals surface area (Å²) in [5.41, 5.74) is 0.611.